The summed E-state index contributed by atoms with van der Waals surface area (Å²) in [6, 6.07) is 23.4. The molecule has 0 spiro atoms. The SMILES string of the molecule is O=C(CNC(c1ccccc1)c1ccccc1)Nc1ccc(Cl)cc1[N+](=O)[O-]. The third-order valence-corrected chi connectivity index (χ3v) is 4.40. The molecular formula is C21H18ClN3O3. The van der Waals surface area contributed by atoms with Crippen LogP contribution in [0.1, 0.15) is 17.2 Å². The third kappa shape index (κ3) is 4.94. The summed E-state index contributed by atoms with van der Waals surface area (Å²) in [4.78, 5) is 23.0. The van der Waals surface area contributed by atoms with Gasteiger partial charge in [0, 0.05) is 11.1 Å². The Morgan fingerprint density at radius 1 is 0.964 bits per heavy atom. The highest BCUT2D eigenvalue weighted by Gasteiger charge is 2.18. The van der Waals surface area contributed by atoms with E-state index >= 15 is 0 Å². The molecule has 0 saturated heterocycles. The molecule has 0 unspecified atom stereocenters. The third-order valence-electron chi connectivity index (χ3n) is 4.16. The largest absolute Gasteiger partial charge is 0.319 e. The van der Waals surface area contributed by atoms with Gasteiger partial charge in [0.05, 0.1) is 17.5 Å². The van der Waals surface area contributed by atoms with Crippen LogP contribution in [0.2, 0.25) is 5.02 Å². The van der Waals surface area contributed by atoms with E-state index in [1.165, 1.54) is 18.2 Å². The standard InChI is InChI=1S/C21H18ClN3O3/c22-17-11-12-18(19(13-17)25(27)28)24-20(26)14-23-21(15-7-3-1-4-8-15)16-9-5-2-6-10-16/h1-13,21,23H,14H2,(H,24,26). The van der Waals surface area contributed by atoms with Gasteiger partial charge in [-0.3, -0.25) is 20.2 Å². The fourth-order valence-corrected chi connectivity index (χ4v) is 3.04. The van der Waals surface area contributed by atoms with Crippen LogP contribution in [0.25, 0.3) is 0 Å². The molecule has 0 aliphatic carbocycles. The number of nitro groups is 1. The topological polar surface area (TPSA) is 84.3 Å². The second kappa shape index (κ2) is 9.12. The number of nitrogens with one attached hydrogen (secondary N) is 2. The summed E-state index contributed by atoms with van der Waals surface area (Å²) in [6.45, 7) is -0.0196. The van der Waals surface area contributed by atoms with Gasteiger partial charge in [0.25, 0.3) is 5.69 Å². The lowest BCUT2D eigenvalue weighted by atomic mass is 9.99. The molecule has 2 N–H and O–H groups in total. The maximum absolute atomic E-state index is 12.4. The van der Waals surface area contributed by atoms with E-state index in [9.17, 15) is 14.9 Å². The fourth-order valence-electron chi connectivity index (χ4n) is 2.87. The first-order valence-corrected chi connectivity index (χ1v) is 8.99. The van der Waals surface area contributed by atoms with Crippen molar-refractivity contribution in [2.75, 3.05) is 11.9 Å². The average molecular weight is 396 g/mol. The van der Waals surface area contributed by atoms with E-state index in [4.69, 9.17) is 11.6 Å². The van der Waals surface area contributed by atoms with Crippen LogP contribution in [0.5, 0.6) is 0 Å². The number of carbonyl (C=O) groups is 1. The van der Waals surface area contributed by atoms with Crippen molar-refractivity contribution in [3.05, 3.63) is 105 Å². The van der Waals surface area contributed by atoms with Crippen LogP contribution >= 0.6 is 11.6 Å². The number of carbonyl (C=O) groups excluding carboxylic acids is 1. The molecule has 142 valence electrons. The smallest absolute Gasteiger partial charge is 0.294 e. The number of rotatable bonds is 7. The number of nitrogens with zero attached hydrogens (tertiary/aromatic N) is 1. The summed E-state index contributed by atoms with van der Waals surface area (Å²) in [6.07, 6.45) is 0. The highest BCUT2D eigenvalue weighted by atomic mass is 35.5. The molecule has 0 atom stereocenters. The zero-order chi connectivity index (χ0) is 19.9. The van der Waals surface area contributed by atoms with Gasteiger partial charge in [-0.05, 0) is 23.3 Å². The average Bonchev–Trinajstić information content (AvgIpc) is 2.71. The Hall–Kier alpha value is -3.22. The molecule has 0 aromatic heterocycles. The number of hydrogen-bond acceptors (Lipinski definition) is 4. The van der Waals surface area contributed by atoms with Gasteiger partial charge in [0.2, 0.25) is 5.91 Å². The second-order valence-electron chi connectivity index (χ2n) is 6.10. The van der Waals surface area contributed by atoms with Crippen LogP contribution < -0.4 is 10.6 Å². The van der Waals surface area contributed by atoms with Gasteiger partial charge in [-0.1, -0.05) is 72.3 Å². The second-order valence-corrected chi connectivity index (χ2v) is 6.54. The summed E-state index contributed by atoms with van der Waals surface area (Å²) < 4.78 is 0. The Morgan fingerprint density at radius 3 is 2.07 bits per heavy atom. The zero-order valence-corrected chi connectivity index (χ0v) is 15.6. The Labute approximate surface area is 167 Å². The maximum atomic E-state index is 12.4. The van der Waals surface area contributed by atoms with Crippen molar-refractivity contribution in [2.24, 2.45) is 0 Å². The number of nitro benzene ring substituents is 1. The summed E-state index contributed by atoms with van der Waals surface area (Å²) in [7, 11) is 0. The van der Waals surface area contributed by atoms with Crippen molar-refractivity contribution in [3.8, 4) is 0 Å². The van der Waals surface area contributed by atoms with Crippen LogP contribution in [-0.4, -0.2) is 17.4 Å². The molecule has 1 amide bonds. The predicted molar refractivity (Wildman–Crippen MR) is 109 cm³/mol. The van der Waals surface area contributed by atoms with Crippen molar-refractivity contribution < 1.29 is 9.72 Å². The molecule has 3 aromatic carbocycles. The molecular weight excluding hydrogens is 378 g/mol. The van der Waals surface area contributed by atoms with Gasteiger partial charge in [-0.15, -0.1) is 0 Å². The molecule has 0 saturated carbocycles. The van der Waals surface area contributed by atoms with Gasteiger partial charge >= 0.3 is 0 Å². The predicted octanol–water partition coefficient (Wildman–Crippen LogP) is 4.57. The number of anilines is 1. The van der Waals surface area contributed by atoms with Gasteiger partial charge in [0.15, 0.2) is 0 Å². The lowest BCUT2D eigenvalue weighted by molar-refractivity contribution is -0.383. The van der Waals surface area contributed by atoms with Crippen LogP contribution in [0, 0.1) is 10.1 Å². The van der Waals surface area contributed by atoms with Gasteiger partial charge < -0.3 is 5.32 Å². The summed E-state index contributed by atoms with van der Waals surface area (Å²) >= 11 is 5.81. The van der Waals surface area contributed by atoms with Crippen LogP contribution in [0.3, 0.4) is 0 Å². The molecule has 0 radical (unpaired) electrons. The number of hydrogen-bond donors (Lipinski definition) is 2. The minimum atomic E-state index is -0.578. The summed E-state index contributed by atoms with van der Waals surface area (Å²) in [5.74, 6) is -0.387. The molecule has 0 fully saturated rings. The van der Waals surface area contributed by atoms with E-state index in [1.807, 2.05) is 60.7 Å². The first-order chi connectivity index (χ1) is 13.5. The van der Waals surface area contributed by atoms with E-state index in [0.29, 0.717) is 0 Å². The quantitative estimate of drug-likeness (QED) is 0.453. The fraction of sp³-hybridized carbons (Fsp3) is 0.0952. The molecule has 0 aliphatic rings. The highest BCUT2D eigenvalue weighted by molar-refractivity contribution is 6.31. The van der Waals surface area contributed by atoms with E-state index in [-0.39, 0.29) is 34.9 Å². The van der Waals surface area contributed by atoms with Gasteiger partial charge in [-0.25, -0.2) is 0 Å². The number of halogens is 1. The van der Waals surface area contributed by atoms with E-state index in [1.54, 1.807) is 0 Å². The zero-order valence-electron chi connectivity index (χ0n) is 14.8. The molecule has 6 nitrogen and oxygen atoms in total. The van der Waals surface area contributed by atoms with E-state index < -0.39 is 4.92 Å². The Balaban J connectivity index is 1.74. The van der Waals surface area contributed by atoms with Crippen molar-refractivity contribution in [3.63, 3.8) is 0 Å². The van der Waals surface area contributed by atoms with E-state index in [0.717, 1.165) is 11.1 Å². The molecule has 7 heteroatoms. The lowest BCUT2D eigenvalue weighted by Gasteiger charge is -2.19. The monoisotopic (exact) mass is 395 g/mol. The Kier molecular flexibility index (Phi) is 6.37. The first-order valence-electron chi connectivity index (χ1n) is 8.61. The molecule has 0 aliphatic heterocycles. The maximum Gasteiger partial charge on any atom is 0.294 e. The number of amides is 1. The van der Waals surface area contributed by atoms with Gasteiger partial charge in [-0.2, -0.15) is 0 Å². The molecule has 3 rings (SSSR count). The van der Waals surface area contributed by atoms with Crippen molar-refractivity contribution in [2.45, 2.75) is 6.04 Å². The number of benzene rings is 3. The first kappa shape index (κ1) is 19.5. The normalized spacial score (nSPS) is 10.6. The Morgan fingerprint density at radius 2 is 1.54 bits per heavy atom. The highest BCUT2D eigenvalue weighted by Crippen LogP contribution is 2.27. The molecule has 0 heterocycles. The van der Waals surface area contributed by atoms with Gasteiger partial charge in [0.1, 0.15) is 5.69 Å². The van der Waals surface area contributed by atoms with Crippen molar-refractivity contribution in [1.82, 2.24) is 5.32 Å². The molecule has 3 aromatic rings. The summed E-state index contributed by atoms with van der Waals surface area (Å²) in [5.41, 5.74) is 1.89. The minimum absolute atomic E-state index is 0.0196. The lowest BCUT2D eigenvalue weighted by Crippen LogP contribution is -2.32. The van der Waals surface area contributed by atoms with Crippen LogP contribution in [-0.2, 0) is 4.79 Å². The van der Waals surface area contributed by atoms with E-state index in [2.05, 4.69) is 10.6 Å². The van der Waals surface area contributed by atoms with Crippen molar-refractivity contribution in [1.29, 1.82) is 0 Å². The summed E-state index contributed by atoms with van der Waals surface area (Å²) in [5, 5.41) is 17.2. The van der Waals surface area contributed by atoms with Crippen LogP contribution in [0.15, 0.2) is 78.9 Å². The van der Waals surface area contributed by atoms with Crippen molar-refractivity contribution >= 4 is 28.9 Å². The molecule has 0 bridgehead atoms. The Bertz CT molecular complexity index is 926. The van der Waals surface area contributed by atoms with Crippen LogP contribution in [0.4, 0.5) is 11.4 Å². The minimum Gasteiger partial charge on any atom is -0.319 e. The molecule has 28 heavy (non-hydrogen) atoms.